The Labute approximate surface area is 164 Å². The minimum absolute atomic E-state index is 0.0250. The zero-order valence-corrected chi connectivity index (χ0v) is 14.6. The van der Waals surface area contributed by atoms with Crippen molar-refractivity contribution in [2.24, 2.45) is 5.73 Å². The number of aromatic nitrogens is 3. The van der Waals surface area contributed by atoms with E-state index in [1.165, 1.54) is 4.90 Å². The number of imidazole rings is 1. The summed E-state index contributed by atoms with van der Waals surface area (Å²) in [6.07, 6.45) is 4.73. The van der Waals surface area contributed by atoms with Crippen molar-refractivity contribution in [3.63, 3.8) is 0 Å². The van der Waals surface area contributed by atoms with E-state index in [1.807, 2.05) is 12.1 Å². The highest BCUT2D eigenvalue weighted by Crippen LogP contribution is 2.33. The summed E-state index contributed by atoms with van der Waals surface area (Å²) in [5, 5.41) is 0. The first kappa shape index (κ1) is 10.8. The van der Waals surface area contributed by atoms with E-state index in [4.69, 9.17) is 14.0 Å². The van der Waals surface area contributed by atoms with Crippen molar-refractivity contribution in [2.45, 2.75) is 44.6 Å². The van der Waals surface area contributed by atoms with Crippen molar-refractivity contribution in [1.29, 1.82) is 0 Å². The summed E-state index contributed by atoms with van der Waals surface area (Å²) in [7, 11) is 0. The minimum atomic E-state index is -2.27. The second kappa shape index (κ2) is 7.98. The van der Waals surface area contributed by atoms with Gasteiger partial charge in [-0.05, 0) is 68.9 Å². The van der Waals surface area contributed by atoms with E-state index < -0.39 is 24.6 Å². The van der Waals surface area contributed by atoms with E-state index in [9.17, 15) is 1.37 Å². The fourth-order valence-corrected chi connectivity index (χ4v) is 3.32. The number of para-hydroxylation sites is 2. The minimum Gasteiger partial charge on any atom is -0.341 e. The Balaban J connectivity index is 1.86. The molecule has 1 aliphatic rings. The molecule has 5 nitrogen and oxygen atoms in total. The number of nitrogens with two attached hydrogens (primary N) is 1. The number of hydrogen-bond donors (Lipinski definition) is 2. The van der Waals surface area contributed by atoms with Crippen LogP contribution in [-0.4, -0.2) is 32.9 Å². The Bertz CT molecular complexity index is 1140. The van der Waals surface area contributed by atoms with Gasteiger partial charge in [-0.1, -0.05) is 18.2 Å². The smallest absolute Gasteiger partial charge is 0.121 e. The Kier molecular flexibility index (Phi) is 3.31. The number of aryl methyl sites for hydroxylation is 1. The first-order valence-corrected chi connectivity index (χ1v) is 9.01. The largest absolute Gasteiger partial charge is 0.341 e. The van der Waals surface area contributed by atoms with Gasteiger partial charge in [0.25, 0.3) is 0 Å². The lowest BCUT2D eigenvalue weighted by molar-refractivity contribution is 0.159. The van der Waals surface area contributed by atoms with Gasteiger partial charge >= 0.3 is 0 Å². The van der Waals surface area contributed by atoms with Crippen LogP contribution in [-0.2, 0) is 12.9 Å². The van der Waals surface area contributed by atoms with Gasteiger partial charge in [0, 0.05) is 6.20 Å². The quantitative estimate of drug-likeness (QED) is 0.635. The molecule has 2 aromatic heterocycles. The topological polar surface area (TPSA) is 70.8 Å². The van der Waals surface area contributed by atoms with E-state index in [0.29, 0.717) is 37.9 Å². The van der Waals surface area contributed by atoms with Gasteiger partial charge in [0.2, 0.25) is 0 Å². The molecule has 0 amide bonds. The number of pyridine rings is 1. The molecule has 0 saturated heterocycles. The molecular weight excluding hydrogens is 322 g/mol. The van der Waals surface area contributed by atoms with Gasteiger partial charge in [-0.2, -0.15) is 0 Å². The van der Waals surface area contributed by atoms with Gasteiger partial charge in [0.15, 0.2) is 0 Å². The van der Waals surface area contributed by atoms with Crippen LogP contribution in [0.15, 0.2) is 42.5 Å². The average molecular weight is 357 g/mol. The summed E-state index contributed by atoms with van der Waals surface area (Å²) >= 11 is 0. The molecule has 0 fully saturated rings. The van der Waals surface area contributed by atoms with Gasteiger partial charge in [-0.25, -0.2) is 4.98 Å². The van der Waals surface area contributed by atoms with Crippen molar-refractivity contribution < 1.29 is 9.60 Å². The Hall–Kier alpha value is -2.24. The lowest BCUT2D eigenvalue weighted by atomic mass is 9.90. The summed E-state index contributed by atoms with van der Waals surface area (Å²) in [6, 6.07) is 0.827. The molecule has 0 saturated carbocycles. The maximum Gasteiger partial charge on any atom is 0.121 e. The van der Waals surface area contributed by atoms with Crippen LogP contribution in [0.5, 0.6) is 0 Å². The molecule has 3 N–H and O–H groups in total. The van der Waals surface area contributed by atoms with Gasteiger partial charge < -0.3 is 10.7 Å². The average Bonchev–Trinajstić information content (AvgIpc) is 3.26. The highest BCUT2D eigenvalue weighted by Gasteiger charge is 2.27. The summed E-state index contributed by atoms with van der Waals surface area (Å²) in [5.41, 5.74) is 7.13. The molecular formula is C21H27N5. The van der Waals surface area contributed by atoms with E-state index >= 15 is 0 Å². The zero-order valence-electron chi connectivity index (χ0n) is 21.6. The molecule has 5 heteroatoms. The van der Waals surface area contributed by atoms with Crippen LogP contribution >= 0.6 is 0 Å². The van der Waals surface area contributed by atoms with Crippen LogP contribution in [0.4, 0.5) is 0 Å². The highest BCUT2D eigenvalue weighted by molar-refractivity contribution is 5.74. The molecule has 0 aliphatic heterocycles. The molecule has 1 aromatic carbocycles. The number of fused-ring (bicyclic) bond motifs is 2. The molecule has 0 radical (unpaired) electrons. The van der Waals surface area contributed by atoms with Crippen LogP contribution in [0.3, 0.4) is 0 Å². The van der Waals surface area contributed by atoms with Crippen molar-refractivity contribution in [3.05, 3.63) is 59.6 Å². The van der Waals surface area contributed by atoms with E-state index in [0.717, 1.165) is 12.0 Å². The number of hydrogen-bond acceptors (Lipinski definition) is 4. The summed E-state index contributed by atoms with van der Waals surface area (Å²) in [6.45, 7) is -1.59. The normalized spacial score (nSPS) is 24.2. The lowest BCUT2D eigenvalue weighted by Gasteiger charge is -2.34. The maximum absolute atomic E-state index is 9.40. The first-order valence-electron chi connectivity index (χ1n) is 12.5. The Morgan fingerprint density at radius 1 is 1.38 bits per heavy atom. The summed E-state index contributed by atoms with van der Waals surface area (Å²) < 4.78 is 59.6. The number of benzene rings is 1. The second-order valence-corrected chi connectivity index (χ2v) is 6.38. The SMILES string of the molecule is [2H]c1c([2H])c([2H])c2[nH]c(C([2H])([2H])N(CCCCN)[C@@]3([2H])CCCc4cccnc43)nc2c1[2H]. The van der Waals surface area contributed by atoms with Gasteiger partial charge in [-0.3, -0.25) is 9.88 Å². The van der Waals surface area contributed by atoms with E-state index in [1.54, 1.807) is 6.20 Å². The molecule has 136 valence electrons. The Morgan fingerprint density at radius 2 is 2.31 bits per heavy atom. The molecule has 4 rings (SSSR count). The third-order valence-corrected chi connectivity index (χ3v) is 4.56. The van der Waals surface area contributed by atoms with Gasteiger partial charge in [-0.15, -0.1) is 0 Å². The predicted molar refractivity (Wildman–Crippen MR) is 105 cm³/mol. The molecule has 0 bridgehead atoms. The van der Waals surface area contributed by atoms with Crippen LogP contribution in [0, 0.1) is 0 Å². The molecule has 0 unspecified atom stereocenters. The Morgan fingerprint density at radius 3 is 3.23 bits per heavy atom. The molecule has 1 atom stereocenters. The standard InChI is InChI=1S/C21H27N5/c22-12-3-4-14-26(15-20-24-17-9-1-2-10-18(17)25-20)19-11-5-7-16-8-6-13-23-21(16)19/h1-2,6,8-10,13,19H,3-5,7,11-12,14-15,22H2,(H,24,25)/t19-/m0/s1/i1D,2D,9D,10D,15D2,19D. The third kappa shape index (κ3) is 3.64. The lowest BCUT2D eigenvalue weighted by Crippen LogP contribution is -2.33. The van der Waals surface area contributed by atoms with Crippen LogP contribution in [0.2, 0.25) is 0 Å². The maximum atomic E-state index is 9.40. The zero-order chi connectivity index (χ0) is 24.0. The number of H-pyrrole nitrogens is 1. The highest BCUT2D eigenvalue weighted by atomic mass is 15.2. The van der Waals surface area contributed by atoms with E-state index in [2.05, 4.69) is 15.0 Å². The molecule has 2 heterocycles. The predicted octanol–water partition coefficient (Wildman–Crippen LogP) is 3.58. The molecule has 3 aromatic rings. The number of nitrogens with zero attached hydrogens (tertiary/aromatic N) is 3. The first-order chi connectivity index (χ1) is 15.6. The van der Waals surface area contributed by atoms with Crippen LogP contribution < -0.4 is 5.73 Å². The summed E-state index contributed by atoms with van der Waals surface area (Å²) in [5.74, 6) is -0.160. The molecule has 1 aliphatic carbocycles. The van der Waals surface area contributed by atoms with Gasteiger partial charge in [0.05, 0.1) is 38.8 Å². The third-order valence-electron chi connectivity index (χ3n) is 4.56. The number of nitrogens with one attached hydrogen (secondary N) is 1. The summed E-state index contributed by atoms with van der Waals surface area (Å²) in [4.78, 5) is 13.0. The van der Waals surface area contributed by atoms with E-state index in [-0.39, 0.29) is 35.5 Å². The molecule has 0 spiro atoms. The fraction of sp³-hybridized carbons (Fsp3) is 0.429. The monoisotopic (exact) mass is 356 g/mol. The second-order valence-electron chi connectivity index (χ2n) is 6.38. The fourth-order valence-electron chi connectivity index (χ4n) is 3.32. The number of aromatic amines is 1. The molecule has 26 heavy (non-hydrogen) atoms. The van der Waals surface area contributed by atoms with Crippen LogP contribution in [0.25, 0.3) is 11.0 Å². The van der Waals surface area contributed by atoms with Crippen molar-refractivity contribution in [2.75, 3.05) is 13.1 Å². The number of unbranched alkanes of at least 4 members (excludes halogenated alkanes) is 1. The number of rotatable bonds is 7. The van der Waals surface area contributed by atoms with Gasteiger partial charge in [0.1, 0.15) is 5.82 Å². The van der Waals surface area contributed by atoms with Crippen LogP contribution in [0.1, 0.15) is 58.4 Å². The van der Waals surface area contributed by atoms with Crippen molar-refractivity contribution >= 4 is 11.0 Å². The van der Waals surface area contributed by atoms with Crippen molar-refractivity contribution in [1.82, 2.24) is 19.9 Å². The van der Waals surface area contributed by atoms with Crippen molar-refractivity contribution in [3.8, 4) is 0 Å².